The number of hydrogen-bond donors (Lipinski definition) is 1. The Morgan fingerprint density at radius 2 is 1.32 bits per heavy atom. The first-order chi connectivity index (χ1) is 21.0. The van der Waals surface area contributed by atoms with Gasteiger partial charge in [-0.05, 0) is 74.2 Å². The van der Waals surface area contributed by atoms with Crippen molar-refractivity contribution < 1.29 is 27.5 Å². The quantitative estimate of drug-likeness (QED) is 0.209. The number of benzene rings is 4. The molecule has 8 nitrogen and oxygen atoms in total. The van der Waals surface area contributed by atoms with Crippen molar-refractivity contribution in [2.24, 2.45) is 0 Å². The first kappa shape index (κ1) is 32.3. The van der Waals surface area contributed by atoms with Gasteiger partial charge in [0, 0.05) is 19.1 Å². The van der Waals surface area contributed by atoms with Gasteiger partial charge in [0.1, 0.15) is 19.0 Å². The molecule has 1 N–H and O–H groups in total. The molecule has 0 fully saturated rings. The smallest absolute Gasteiger partial charge is 0.410 e. The number of nitrogens with one attached hydrogen (secondary N) is 1. The van der Waals surface area contributed by atoms with Gasteiger partial charge in [-0.2, -0.15) is 0 Å². The number of ether oxygens (including phenoxy) is 2. The largest absolute Gasteiger partial charge is 0.488 e. The molecule has 0 saturated carbocycles. The van der Waals surface area contributed by atoms with E-state index >= 15 is 0 Å². The second-order valence-electron chi connectivity index (χ2n) is 11.3. The molecule has 0 aliphatic heterocycles. The van der Waals surface area contributed by atoms with Crippen LogP contribution in [0.25, 0.3) is 0 Å². The zero-order valence-corrected chi connectivity index (χ0v) is 26.3. The van der Waals surface area contributed by atoms with Gasteiger partial charge in [-0.1, -0.05) is 72.8 Å². The molecule has 0 spiro atoms. The maximum Gasteiger partial charge on any atom is 0.410 e. The van der Waals surface area contributed by atoms with Crippen molar-refractivity contribution >= 4 is 21.8 Å². The minimum absolute atomic E-state index is 0.0176. The van der Waals surface area contributed by atoms with Crippen molar-refractivity contribution in [1.82, 2.24) is 10.2 Å². The molecule has 0 aromatic heterocycles. The highest BCUT2D eigenvalue weighted by Crippen LogP contribution is 2.28. The summed E-state index contributed by atoms with van der Waals surface area (Å²) in [5, 5.41) is 2.55. The molecule has 4 aromatic rings. The predicted molar refractivity (Wildman–Crippen MR) is 169 cm³/mol. The van der Waals surface area contributed by atoms with E-state index in [2.05, 4.69) is 5.32 Å². The summed E-state index contributed by atoms with van der Waals surface area (Å²) in [6.45, 7) is 6.63. The molecule has 230 valence electrons. The third kappa shape index (κ3) is 8.26. The van der Waals surface area contributed by atoms with Crippen LogP contribution in [0.3, 0.4) is 0 Å². The molecule has 0 aliphatic carbocycles. The van der Waals surface area contributed by atoms with Gasteiger partial charge >= 0.3 is 6.09 Å². The lowest BCUT2D eigenvalue weighted by molar-refractivity contribution is 0.0633. The molecule has 0 bridgehead atoms. The Balaban J connectivity index is 1.46. The van der Waals surface area contributed by atoms with Crippen LogP contribution in [0.4, 0.5) is 4.79 Å². The van der Waals surface area contributed by atoms with Crippen LogP contribution < -0.4 is 10.1 Å². The number of carbonyl (C=O) groups excluding carboxylic acids is 2. The predicted octanol–water partition coefficient (Wildman–Crippen LogP) is 6.44. The maximum atomic E-state index is 13.5. The zero-order chi connectivity index (χ0) is 31.7. The molecule has 0 atom stereocenters. The van der Waals surface area contributed by atoms with Crippen LogP contribution in [0.5, 0.6) is 5.75 Å². The van der Waals surface area contributed by atoms with Crippen LogP contribution in [0, 0.1) is 0 Å². The van der Waals surface area contributed by atoms with Crippen LogP contribution in [-0.2, 0) is 34.2 Å². The first-order valence-corrected chi connectivity index (χ1v) is 15.8. The van der Waals surface area contributed by atoms with Gasteiger partial charge in [0.15, 0.2) is 0 Å². The molecule has 44 heavy (non-hydrogen) atoms. The molecule has 0 aliphatic rings. The summed E-state index contributed by atoms with van der Waals surface area (Å²) in [5.74, 6) is -0.167. The molecule has 0 saturated heterocycles. The molecule has 4 aromatic carbocycles. The Morgan fingerprint density at radius 3 is 1.89 bits per heavy atom. The van der Waals surface area contributed by atoms with Crippen LogP contribution in [0.1, 0.15) is 47.8 Å². The molecular weight excluding hydrogens is 576 g/mol. The van der Waals surface area contributed by atoms with Gasteiger partial charge in [0.05, 0.1) is 15.4 Å². The average Bonchev–Trinajstić information content (AvgIpc) is 3.03. The molecule has 9 heteroatoms. The van der Waals surface area contributed by atoms with Crippen LogP contribution in [0.15, 0.2) is 113 Å². The summed E-state index contributed by atoms with van der Waals surface area (Å²) in [4.78, 5) is 27.3. The van der Waals surface area contributed by atoms with Crippen LogP contribution in [-0.4, -0.2) is 44.4 Å². The number of sulfone groups is 1. The summed E-state index contributed by atoms with van der Waals surface area (Å²) in [7, 11) is -2.45. The lowest BCUT2D eigenvalue weighted by Gasteiger charge is -2.34. The van der Waals surface area contributed by atoms with E-state index in [0.717, 1.165) is 16.7 Å². The fourth-order valence-corrected chi connectivity index (χ4v) is 5.85. The van der Waals surface area contributed by atoms with Gasteiger partial charge < -0.3 is 19.7 Å². The van der Waals surface area contributed by atoms with Crippen molar-refractivity contribution in [2.75, 3.05) is 13.6 Å². The normalized spacial score (nSPS) is 11.5. The molecule has 0 radical (unpaired) electrons. The van der Waals surface area contributed by atoms with E-state index in [4.69, 9.17) is 9.47 Å². The summed E-state index contributed by atoms with van der Waals surface area (Å²) in [6.07, 6.45) is 0.0930. The summed E-state index contributed by atoms with van der Waals surface area (Å²) >= 11 is 0. The third-order valence-corrected chi connectivity index (χ3v) is 8.83. The summed E-state index contributed by atoms with van der Waals surface area (Å²) in [6, 6.07) is 29.8. The Labute approximate surface area is 259 Å². The molecule has 0 heterocycles. The molecule has 0 unspecified atom stereocenters. The zero-order valence-electron chi connectivity index (χ0n) is 25.4. The van der Waals surface area contributed by atoms with Gasteiger partial charge in [-0.3, -0.25) is 4.79 Å². The number of amides is 2. The van der Waals surface area contributed by atoms with Crippen molar-refractivity contribution in [1.29, 1.82) is 0 Å². The topological polar surface area (TPSA) is 102 Å². The Kier molecular flexibility index (Phi) is 10.4. The minimum atomic E-state index is -3.93. The summed E-state index contributed by atoms with van der Waals surface area (Å²) < 4.78 is 38.5. The number of nitrogens with zero attached hydrogens (tertiary/aromatic N) is 1. The van der Waals surface area contributed by atoms with Gasteiger partial charge in [-0.15, -0.1) is 0 Å². The van der Waals surface area contributed by atoms with Crippen molar-refractivity contribution in [3.63, 3.8) is 0 Å². The second kappa shape index (κ2) is 14.2. The van der Waals surface area contributed by atoms with E-state index in [1.165, 1.54) is 25.2 Å². The maximum absolute atomic E-state index is 13.5. The number of rotatable bonds is 11. The van der Waals surface area contributed by atoms with Crippen molar-refractivity contribution in [2.45, 2.75) is 55.7 Å². The highest BCUT2D eigenvalue weighted by molar-refractivity contribution is 7.91. The molecular formula is C35H38N2O6S. The van der Waals surface area contributed by atoms with Crippen LogP contribution in [0.2, 0.25) is 0 Å². The Bertz CT molecular complexity index is 1670. The van der Waals surface area contributed by atoms with E-state index in [1.807, 2.05) is 81.4 Å². The monoisotopic (exact) mass is 614 g/mol. The van der Waals surface area contributed by atoms with E-state index in [1.54, 1.807) is 29.2 Å². The van der Waals surface area contributed by atoms with Gasteiger partial charge in [0.2, 0.25) is 9.84 Å². The SMILES string of the molecule is CNC(=O)c1cc(S(=O)(=O)c2ccc(CCN(C(=O)OCc3ccccc3)C(C)(C)C)cc2)ccc1OCc1ccccc1. The first-order valence-electron chi connectivity index (χ1n) is 14.3. The minimum Gasteiger partial charge on any atom is -0.488 e. The van der Waals surface area contributed by atoms with E-state index < -0.39 is 27.4 Å². The Morgan fingerprint density at radius 1 is 0.750 bits per heavy atom. The third-order valence-electron chi connectivity index (χ3n) is 7.06. The fourth-order valence-electron chi connectivity index (χ4n) is 4.56. The number of carbonyl (C=O) groups is 2. The standard InChI is InChI=1S/C35H38N2O6S/c1-35(2,3)37(34(39)43-25-28-13-9-6-10-14-28)22-21-26-15-17-29(18-16-26)44(40,41)30-19-20-32(31(23-30)33(38)36-4)42-24-27-11-7-5-8-12-27/h5-20,23H,21-22,24-25H2,1-4H3,(H,36,38). The van der Waals surface area contributed by atoms with Crippen molar-refractivity contribution in [3.05, 3.63) is 125 Å². The van der Waals surface area contributed by atoms with Crippen LogP contribution >= 0.6 is 0 Å². The van der Waals surface area contributed by atoms with Gasteiger partial charge in [0.25, 0.3) is 5.91 Å². The fraction of sp³-hybridized carbons (Fsp3) is 0.257. The lowest BCUT2D eigenvalue weighted by Crippen LogP contribution is -2.46. The number of hydrogen-bond acceptors (Lipinski definition) is 6. The lowest BCUT2D eigenvalue weighted by atomic mass is 10.1. The summed E-state index contributed by atoms with van der Waals surface area (Å²) in [5.41, 5.74) is 2.34. The highest BCUT2D eigenvalue weighted by Gasteiger charge is 2.28. The average molecular weight is 615 g/mol. The molecule has 2 amide bonds. The van der Waals surface area contributed by atoms with Gasteiger partial charge in [-0.25, -0.2) is 13.2 Å². The molecule has 4 rings (SSSR count). The Hall–Kier alpha value is -4.63. The second-order valence-corrected chi connectivity index (χ2v) is 13.2. The van der Waals surface area contributed by atoms with E-state index in [-0.39, 0.29) is 34.3 Å². The van der Waals surface area contributed by atoms with E-state index in [0.29, 0.717) is 13.0 Å². The highest BCUT2D eigenvalue weighted by atomic mass is 32.2. The van der Waals surface area contributed by atoms with Crippen molar-refractivity contribution in [3.8, 4) is 5.75 Å². The van der Waals surface area contributed by atoms with E-state index in [9.17, 15) is 18.0 Å².